The molecule has 0 fully saturated rings. The highest BCUT2D eigenvalue weighted by molar-refractivity contribution is 5.14. The summed E-state index contributed by atoms with van der Waals surface area (Å²) in [6.07, 6.45) is 4.97. The van der Waals surface area contributed by atoms with Crippen molar-refractivity contribution in [3.05, 3.63) is 11.6 Å². The van der Waals surface area contributed by atoms with Crippen LogP contribution in [0.3, 0.4) is 0 Å². The fourth-order valence-electron chi connectivity index (χ4n) is 1.91. The van der Waals surface area contributed by atoms with Gasteiger partial charge in [0.25, 0.3) is 0 Å². The van der Waals surface area contributed by atoms with Crippen LogP contribution in [-0.2, 0) is 0 Å². The lowest BCUT2D eigenvalue weighted by Crippen LogP contribution is -2.31. The molecule has 1 aliphatic heterocycles. The molecule has 0 N–H and O–H groups in total. The third-order valence-corrected chi connectivity index (χ3v) is 2.80. The van der Waals surface area contributed by atoms with E-state index in [1.165, 1.54) is 32.5 Å². The minimum Gasteiger partial charge on any atom is -0.299 e. The lowest BCUT2D eigenvalue weighted by molar-refractivity contribution is 0.279. The van der Waals surface area contributed by atoms with E-state index in [1.54, 1.807) is 5.57 Å². The normalized spacial score (nSPS) is 20.2. The van der Waals surface area contributed by atoms with Gasteiger partial charge in [-0.2, -0.15) is 0 Å². The van der Waals surface area contributed by atoms with Crippen LogP contribution >= 0.6 is 0 Å². The fraction of sp³-hybridized carbons (Fsp3) is 0.833. The molecule has 0 aromatic heterocycles. The van der Waals surface area contributed by atoms with Crippen molar-refractivity contribution in [2.24, 2.45) is 5.41 Å². The molecule has 0 amide bonds. The molecule has 76 valence electrons. The maximum atomic E-state index is 2.54. The molecule has 0 unspecified atom stereocenters. The van der Waals surface area contributed by atoms with Gasteiger partial charge in [0.2, 0.25) is 0 Å². The van der Waals surface area contributed by atoms with Crippen molar-refractivity contribution in [2.75, 3.05) is 19.6 Å². The first-order valence-electron chi connectivity index (χ1n) is 5.46. The van der Waals surface area contributed by atoms with Crippen molar-refractivity contribution in [3.63, 3.8) is 0 Å². The Balaban J connectivity index is 2.48. The molecule has 13 heavy (non-hydrogen) atoms. The highest BCUT2D eigenvalue weighted by Gasteiger charge is 2.20. The van der Waals surface area contributed by atoms with Gasteiger partial charge in [-0.25, -0.2) is 0 Å². The predicted octanol–water partition coefficient (Wildman–Crippen LogP) is 3.07. The zero-order chi connectivity index (χ0) is 9.90. The van der Waals surface area contributed by atoms with Gasteiger partial charge in [0.05, 0.1) is 0 Å². The predicted molar refractivity (Wildman–Crippen MR) is 58.9 cm³/mol. The first-order chi connectivity index (χ1) is 6.04. The maximum absolute atomic E-state index is 2.54. The summed E-state index contributed by atoms with van der Waals surface area (Å²) in [5.41, 5.74) is 2.03. The van der Waals surface area contributed by atoms with Gasteiger partial charge in [-0.15, -0.1) is 0 Å². The van der Waals surface area contributed by atoms with E-state index in [0.29, 0.717) is 5.41 Å². The SMILES string of the molecule is CCCN1CC=C(C(C)(C)C)CC1. The van der Waals surface area contributed by atoms with Gasteiger partial charge in [0.1, 0.15) is 0 Å². The van der Waals surface area contributed by atoms with E-state index in [2.05, 4.69) is 38.7 Å². The topological polar surface area (TPSA) is 3.24 Å². The van der Waals surface area contributed by atoms with E-state index in [4.69, 9.17) is 0 Å². The first kappa shape index (κ1) is 10.8. The summed E-state index contributed by atoms with van der Waals surface area (Å²) in [7, 11) is 0. The van der Waals surface area contributed by atoms with Crippen LogP contribution in [0, 0.1) is 5.41 Å². The van der Waals surface area contributed by atoms with E-state index >= 15 is 0 Å². The van der Waals surface area contributed by atoms with Gasteiger partial charge in [0.15, 0.2) is 0 Å². The minimum absolute atomic E-state index is 0.387. The molecule has 0 aliphatic carbocycles. The molecular formula is C12H23N. The zero-order valence-corrected chi connectivity index (χ0v) is 9.56. The van der Waals surface area contributed by atoms with Gasteiger partial charge < -0.3 is 0 Å². The second kappa shape index (κ2) is 4.28. The van der Waals surface area contributed by atoms with Crippen molar-refractivity contribution in [1.29, 1.82) is 0 Å². The average Bonchev–Trinajstić information content (AvgIpc) is 2.04. The Labute approximate surface area is 82.8 Å². The van der Waals surface area contributed by atoms with Crippen LogP contribution in [0.25, 0.3) is 0 Å². The molecule has 1 nitrogen and oxygen atoms in total. The molecule has 0 spiro atoms. The molecular weight excluding hydrogens is 158 g/mol. The molecule has 1 heteroatoms. The van der Waals surface area contributed by atoms with Crippen LogP contribution in [-0.4, -0.2) is 24.5 Å². The zero-order valence-electron chi connectivity index (χ0n) is 9.56. The molecule has 0 radical (unpaired) electrons. The van der Waals surface area contributed by atoms with Crippen LogP contribution < -0.4 is 0 Å². The second-order valence-electron chi connectivity index (χ2n) is 5.03. The van der Waals surface area contributed by atoms with E-state index < -0.39 is 0 Å². The lowest BCUT2D eigenvalue weighted by Gasteiger charge is -2.31. The lowest BCUT2D eigenvalue weighted by atomic mass is 9.83. The Bertz CT molecular complexity index is 186. The Morgan fingerprint density at radius 2 is 2.08 bits per heavy atom. The molecule has 0 aromatic rings. The Morgan fingerprint density at radius 1 is 1.38 bits per heavy atom. The molecule has 0 saturated heterocycles. The number of nitrogens with zero attached hydrogens (tertiary/aromatic N) is 1. The molecule has 1 aliphatic rings. The number of hydrogen-bond donors (Lipinski definition) is 0. The van der Waals surface area contributed by atoms with E-state index in [-0.39, 0.29) is 0 Å². The standard InChI is InChI=1S/C12H23N/c1-5-8-13-9-6-11(7-10-13)12(2,3)4/h6H,5,7-10H2,1-4H3. The Kier molecular flexibility index (Phi) is 3.55. The maximum Gasteiger partial charge on any atom is 0.0166 e. The molecule has 1 heterocycles. The summed E-state index contributed by atoms with van der Waals surface area (Å²) in [6.45, 7) is 12.9. The van der Waals surface area contributed by atoms with E-state index in [9.17, 15) is 0 Å². The van der Waals surface area contributed by atoms with Crippen LogP contribution in [0.2, 0.25) is 0 Å². The summed E-state index contributed by atoms with van der Waals surface area (Å²) in [5, 5.41) is 0. The van der Waals surface area contributed by atoms with Crippen LogP contribution in [0.1, 0.15) is 40.5 Å². The average molecular weight is 181 g/mol. The third kappa shape index (κ3) is 3.15. The van der Waals surface area contributed by atoms with Gasteiger partial charge in [-0.05, 0) is 24.8 Å². The minimum atomic E-state index is 0.387. The van der Waals surface area contributed by atoms with Gasteiger partial charge in [-0.1, -0.05) is 39.3 Å². The summed E-state index contributed by atoms with van der Waals surface area (Å²) in [4.78, 5) is 2.54. The van der Waals surface area contributed by atoms with Gasteiger partial charge in [0, 0.05) is 13.1 Å². The molecule has 0 aromatic carbocycles. The first-order valence-corrected chi connectivity index (χ1v) is 5.46. The van der Waals surface area contributed by atoms with Crippen molar-refractivity contribution in [3.8, 4) is 0 Å². The number of rotatable bonds is 2. The van der Waals surface area contributed by atoms with Crippen LogP contribution in [0.15, 0.2) is 11.6 Å². The van der Waals surface area contributed by atoms with E-state index in [1.807, 2.05) is 0 Å². The van der Waals surface area contributed by atoms with Crippen LogP contribution in [0.4, 0.5) is 0 Å². The quantitative estimate of drug-likeness (QED) is 0.592. The summed E-state index contributed by atoms with van der Waals surface area (Å²) in [5.74, 6) is 0. The van der Waals surface area contributed by atoms with Crippen molar-refractivity contribution in [1.82, 2.24) is 4.90 Å². The largest absolute Gasteiger partial charge is 0.299 e. The van der Waals surface area contributed by atoms with Gasteiger partial charge >= 0.3 is 0 Å². The highest BCUT2D eigenvalue weighted by atomic mass is 15.1. The smallest absolute Gasteiger partial charge is 0.0166 e. The van der Waals surface area contributed by atoms with Gasteiger partial charge in [-0.3, -0.25) is 4.90 Å². The Morgan fingerprint density at radius 3 is 2.46 bits per heavy atom. The van der Waals surface area contributed by atoms with E-state index in [0.717, 1.165) is 0 Å². The molecule has 0 bridgehead atoms. The summed E-state index contributed by atoms with van der Waals surface area (Å²) in [6, 6.07) is 0. The number of hydrogen-bond acceptors (Lipinski definition) is 1. The molecule has 0 saturated carbocycles. The molecule has 0 atom stereocenters. The van der Waals surface area contributed by atoms with Crippen molar-refractivity contribution >= 4 is 0 Å². The third-order valence-electron chi connectivity index (χ3n) is 2.80. The fourth-order valence-corrected chi connectivity index (χ4v) is 1.91. The second-order valence-corrected chi connectivity index (χ2v) is 5.03. The summed E-state index contributed by atoms with van der Waals surface area (Å²) < 4.78 is 0. The summed E-state index contributed by atoms with van der Waals surface area (Å²) >= 11 is 0. The monoisotopic (exact) mass is 181 g/mol. The molecule has 1 rings (SSSR count). The van der Waals surface area contributed by atoms with Crippen LogP contribution in [0.5, 0.6) is 0 Å². The Hall–Kier alpha value is -0.300. The van der Waals surface area contributed by atoms with Crippen molar-refractivity contribution in [2.45, 2.75) is 40.5 Å². The highest BCUT2D eigenvalue weighted by Crippen LogP contribution is 2.29. The van der Waals surface area contributed by atoms with Crippen molar-refractivity contribution < 1.29 is 0 Å².